The zero-order valence-electron chi connectivity index (χ0n) is 10.1. The molecule has 0 radical (unpaired) electrons. The first-order valence-corrected chi connectivity index (χ1v) is 6.50. The Bertz CT molecular complexity index is 599. The highest BCUT2D eigenvalue weighted by atomic mass is 32.2. The molecule has 0 aromatic carbocycles. The number of hydrogen-bond acceptors (Lipinski definition) is 7. The Hall–Kier alpha value is -2.06. The van der Waals surface area contributed by atoms with E-state index >= 15 is 0 Å². The van der Waals surface area contributed by atoms with Crippen LogP contribution in [0.1, 0.15) is 5.56 Å². The Labute approximate surface area is 113 Å². The second-order valence-electron chi connectivity index (χ2n) is 3.79. The van der Waals surface area contributed by atoms with Gasteiger partial charge in [0.25, 0.3) is 0 Å². The van der Waals surface area contributed by atoms with Crippen molar-refractivity contribution in [1.29, 1.82) is 0 Å². The van der Waals surface area contributed by atoms with Crippen LogP contribution in [0.4, 0.5) is 5.95 Å². The molecule has 2 aromatic rings. The molecule has 0 aliphatic carbocycles. The number of rotatable bonds is 3. The van der Waals surface area contributed by atoms with Crippen LogP contribution in [0.15, 0.2) is 30.1 Å². The van der Waals surface area contributed by atoms with Crippen molar-refractivity contribution in [3.8, 4) is 5.88 Å². The smallest absolute Gasteiger partial charge is 0.235 e. The van der Waals surface area contributed by atoms with E-state index in [4.69, 9.17) is 10.5 Å². The molecule has 0 spiro atoms. The van der Waals surface area contributed by atoms with E-state index in [0.29, 0.717) is 11.8 Å². The highest BCUT2D eigenvalue weighted by Gasteiger charge is 2.29. The maximum Gasteiger partial charge on any atom is 0.235 e. The molecule has 1 aliphatic rings. The molecular weight excluding hydrogens is 264 g/mol. The summed E-state index contributed by atoms with van der Waals surface area (Å²) in [5.41, 5.74) is 7.67. The average Bonchev–Trinajstić information content (AvgIpc) is 3.07. The molecular formula is C11H12N6OS. The van der Waals surface area contributed by atoms with Crippen LogP contribution >= 0.6 is 11.8 Å². The van der Waals surface area contributed by atoms with E-state index in [1.54, 1.807) is 31.8 Å². The molecule has 0 bridgehead atoms. The van der Waals surface area contributed by atoms with Crippen molar-refractivity contribution in [2.45, 2.75) is 5.50 Å². The van der Waals surface area contributed by atoms with Gasteiger partial charge in [-0.05, 0) is 5.41 Å². The predicted molar refractivity (Wildman–Crippen MR) is 73.2 cm³/mol. The molecule has 2 aromatic heterocycles. The van der Waals surface area contributed by atoms with Crippen LogP contribution in [0.2, 0.25) is 0 Å². The van der Waals surface area contributed by atoms with Crippen molar-refractivity contribution in [2.24, 2.45) is 5.73 Å². The Morgan fingerprint density at radius 2 is 2.42 bits per heavy atom. The lowest BCUT2D eigenvalue weighted by Gasteiger charge is -2.23. The number of nitrogens with two attached hydrogens (primary N) is 1. The van der Waals surface area contributed by atoms with Gasteiger partial charge in [0.1, 0.15) is 5.50 Å². The van der Waals surface area contributed by atoms with Gasteiger partial charge in [-0.3, -0.25) is 10.00 Å². The number of anilines is 1. The van der Waals surface area contributed by atoms with Crippen molar-refractivity contribution in [2.75, 3.05) is 12.0 Å². The Kier molecular flexibility index (Phi) is 3.10. The minimum Gasteiger partial charge on any atom is -0.481 e. The number of nitrogens with one attached hydrogen (secondary N) is 1. The molecule has 7 nitrogen and oxygen atoms in total. The van der Waals surface area contributed by atoms with E-state index in [1.807, 2.05) is 10.3 Å². The first kappa shape index (κ1) is 12.0. The minimum absolute atomic E-state index is 0.267. The fourth-order valence-electron chi connectivity index (χ4n) is 1.77. The lowest BCUT2D eigenvalue weighted by Crippen LogP contribution is -2.35. The van der Waals surface area contributed by atoms with Gasteiger partial charge in [-0.1, -0.05) is 11.8 Å². The average molecular weight is 276 g/mol. The van der Waals surface area contributed by atoms with Gasteiger partial charge in [0, 0.05) is 24.0 Å². The van der Waals surface area contributed by atoms with E-state index in [0.717, 1.165) is 11.3 Å². The summed E-state index contributed by atoms with van der Waals surface area (Å²) in [5, 5.41) is 8.70. The third-order valence-corrected chi connectivity index (χ3v) is 3.52. The summed E-state index contributed by atoms with van der Waals surface area (Å²) in [7, 11) is 1.57. The standard InChI is InChI=1S/C11H12N6OS/c1-18-9-2-3-13-11(16-9)17-8(6-19-10(17)12)7-4-14-15-5-7/h2-6,10H,12H2,1H3,(H,14,15). The number of thioether (sulfide) groups is 1. The fraction of sp³-hybridized carbons (Fsp3) is 0.182. The SMILES string of the molecule is COc1ccnc(N2C(c3cn[nH]c3)=CSC2N)n1. The number of aromatic amines is 1. The number of H-pyrrole nitrogens is 1. The molecule has 98 valence electrons. The molecule has 0 saturated heterocycles. The zero-order chi connectivity index (χ0) is 13.2. The van der Waals surface area contributed by atoms with E-state index in [2.05, 4.69) is 20.2 Å². The van der Waals surface area contributed by atoms with Crippen molar-refractivity contribution in [3.05, 3.63) is 35.6 Å². The largest absolute Gasteiger partial charge is 0.481 e. The Balaban J connectivity index is 1.99. The van der Waals surface area contributed by atoms with Crippen LogP contribution in [0.3, 0.4) is 0 Å². The summed E-state index contributed by atoms with van der Waals surface area (Å²) in [6.07, 6.45) is 5.18. The van der Waals surface area contributed by atoms with E-state index in [-0.39, 0.29) is 5.50 Å². The van der Waals surface area contributed by atoms with Crippen molar-refractivity contribution < 1.29 is 4.74 Å². The van der Waals surface area contributed by atoms with Gasteiger partial charge in [0.2, 0.25) is 11.8 Å². The van der Waals surface area contributed by atoms with Gasteiger partial charge >= 0.3 is 0 Å². The molecule has 1 atom stereocenters. The molecule has 3 rings (SSSR count). The molecule has 0 fully saturated rings. The van der Waals surface area contributed by atoms with Crippen LogP contribution in [0, 0.1) is 0 Å². The first-order valence-electron chi connectivity index (χ1n) is 5.56. The van der Waals surface area contributed by atoms with Crippen molar-refractivity contribution >= 4 is 23.4 Å². The maximum absolute atomic E-state index is 6.08. The number of ether oxygens (including phenoxy) is 1. The van der Waals surface area contributed by atoms with E-state index in [9.17, 15) is 0 Å². The maximum atomic E-state index is 6.08. The second-order valence-corrected chi connectivity index (χ2v) is 4.78. The van der Waals surface area contributed by atoms with Gasteiger partial charge in [0.05, 0.1) is 19.0 Å². The fourth-order valence-corrected chi connectivity index (χ4v) is 2.62. The molecule has 0 saturated carbocycles. The monoisotopic (exact) mass is 276 g/mol. The summed E-state index contributed by atoms with van der Waals surface area (Å²) < 4.78 is 5.11. The summed E-state index contributed by atoms with van der Waals surface area (Å²) in [6.45, 7) is 0. The van der Waals surface area contributed by atoms with Crippen molar-refractivity contribution in [3.63, 3.8) is 0 Å². The molecule has 0 amide bonds. The molecule has 1 aliphatic heterocycles. The predicted octanol–water partition coefficient (Wildman–Crippen LogP) is 1.00. The number of aromatic nitrogens is 4. The third kappa shape index (κ3) is 2.15. The minimum atomic E-state index is -0.267. The second kappa shape index (κ2) is 4.90. The van der Waals surface area contributed by atoms with Gasteiger partial charge in [-0.15, -0.1) is 0 Å². The first-order chi connectivity index (χ1) is 9.29. The van der Waals surface area contributed by atoms with Gasteiger partial charge in [0.15, 0.2) is 0 Å². The van der Waals surface area contributed by atoms with E-state index in [1.165, 1.54) is 11.8 Å². The van der Waals surface area contributed by atoms with Crippen LogP contribution in [0.5, 0.6) is 5.88 Å². The normalized spacial score (nSPS) is 18.5. The van der Waals surface area contributed by atoms with Gasteiger partial charge < -0.3 is 10.5 Å². The summed E-state index contributed by atoms with van der Waals surface area (Å²) in [5.74, 6) is 1.00. The van der Waals surface area contributed by atoms with Crippen LogP contribution < -0.4 is 15.4 Å². The summed E-state index contributed by atoms with van der Waals surface area (Å²) in [4.78, 5) is 10.4. The lowest BCUT2D eigenvalue weighted by atomic mass is 10.2. The number of hydrogen-bond donors (Lipinski definition) is 2. The number of methoxy groups -OCH3 is 1. The highest BCUT2D eigenvalue weighted by Crippen LogP contribution is 2.36. The Morgan fingerprint density at radius 3 is 3.16 bits per heavy atom. The van der Waals surface area contributed by atoms with Gasteiger partial charge in [-0.25, -0.2) is 4.98 Å². The molecule has 1 unspecified atom stereocenters. The van der Waals surface area contributed by atoms with Crippen molar-refractivity contribution in [1.82, 2.24) is 20.2 Å². The summed E-state index contributed by atoms with van der Waals surface area (Å²) >= 11 is 1.50. The Morgan fingerprint density at radius 1 is 1.53 bits per heavy atom. The number of nitrogens with zero attached hydrogens (tertiary/aromatic N) is 4. The third-order valence-electron chi connectivity index (χ3n) is 2.67. The molecule has 3 N–H and O–H groups in total. The summed E-state index contributed by atoms with van der Waals surface area (Å²) in [6, 6.07) is 1.69. The van der Waals surface area contributed by atoms with Crippen LogP contribution in [-0.4, -0.2) is 32.8 Å². The molecule has 8 heteroatoms. The molecule has 19 heavy (non-hydrogen) atoms. The van der Waals surface area contributed by atoms with Gasteiger partial charge in [-0.2, -0.15) is 10.1 Å². The zero-order valence-corrected chi connectivity index (χ0v) is 11.0. The lowest BCUT2D eigenvalue weighted by molar-refractivity contribution is 0.397. The quantitative estimate of drug-likeness (QED) is 0.863. The van der Waals surface area contributed by atoms with Crippen LogP contribution in [-0.2, 0) is 0 Å². The molecule has 3 heterocycles. The van der Waals surface area contributed by atoms with E-state index < -0.39 is 0 Å². The van der Waals surface area contributed by atoms with Crippen LogP contribution in [0.25, 0.3) is 5.70 Å². The topological polar surface area (TPSA) is 93.0 Å². The highest BCUT2D eigenvalue weighted by molar-refractivity contribution is 8.03.